The Kier molecular flexibility index (Phi) is 4.80. The second kappa shape index (κ2) is 7.56. The van der Waals surface area contributed by atoms with Gasteiger partial charge in [0.1, 0.15) is 11.3 Å². The van der Waals surface area contributed by atoms with Crippen molar-refractivity contribution in [1.82, 2.24) is 15.6 Å². The molecule has 2 heterocycles. The molecule has 3 aromatic rings. The first-order chi connectivity index (χ1) is 13.6. The number of aromatic amines is 1. The van der Waals surface area contributed by atoms with Crippen LogP contribution in [0, 0.1) is 0 Å². The van der Waals surface area contributed by atoms with Crippen molar-refractivity contribution in [2.75, 3.05) is 13.2 Å². The van der Waals surface area contributed by atoms with Gasteiger partial charge in [0.25, 0.3) is 5.91 Å². The SMILES string of the molecule is O=C(CNC(=O)c1c[nH]c2ccccc2c1=O)N[C@@H]1CCOc2ccccc21. The fourth-order valence-corrected chi connectivity index (χ4v) is 3.33. The summed E-state index contributed by atoms with van der Waals surface area (Å²) >= 11 is 0. The molecule has 3 N–H and O–H groups in total. The van der Waals surface area contributed by atoms with Crippen LogP contribution >= 0.6 is 0 Å². The molecular formula is C21H19N3O4. The van der Waals surface area contributed by atoms with Crippen molar-refractivity contribution in [2.45, 2.75) is 12.5 Å². The third kappa shape index (κ3) is 3.46. The van der Waals surface area contributed by atoms with Gasteiger partial charge in [-0.2, -0.15) is 0 Å². The monoisotopic (exact) mass is 377 g/mol. The Hall–Kier alpha value is -3.61. The average Bonchev–Trinajstić information content (AvgIpc) is 2.73. The number of benzene rings is 2. The second-order valence-electron chi connectivity index (χ2n) is 6.55. The van der Waals surface area contributed by atoms with Crippen LogP contribution in [0.15, 0.2) is 59.5 Å². The number of para-hydroxylation sites is 2. The average molecular weight is 377 g/mol. The fraction of sp³-hybridized carbons (Fsp3) is 0.190. The minimum Gasteiger partial charge on any atom is -0.493 e. The van der Waals surface area contributed by atoms with Crippen molar-refractivity contribution in [1.29, 1.82) is 0 Å². The molecule has 0 saturated carbocycles. The van der Waals surface area contributed by atoms with Gasteiger partial charge < -0.3 is 20.4 Å². The van der Waals surface area contributed by atoms with Gasteiger partial charge in [0.15, 0.2) is 0 Å². The van der Waals surface area contributed by atoms with Crippen LogP contribution in [-0.4, -0.2) is 29.9 Å². The van der Waals surface area contributed by atoms with E-state index in [2.05, 4.69) is 15.6 Å². The molecule has 142 valence electrons. The Morgan fingerprint density at radius 3 is 2.79 bits per heavy atom. The van der Waals surface area contributed by atoms with Gasteiger partial charge in [-0.15, -0.1) is 0 Å². The largest absolute Gasteiger partial charge is 0.493 e. The Morgan fingerprint density at radius 1 is 1.11 bits per heavy atom. The number of H-pyrrole nitrogens is 1. The molecule has 2 amide bonds. The molecule has 0 unspecified atom stereocenters. The van der Waals surface area contributed by atoms with Crippen molar-refractivity contribution >= 4 is 22.7 Å². The summed E-state index contributed by atoms with van der Waals surface area (Å²) in [7, 11) is 0. The standard InChI is InChI=1S/C21H19N3O4/c25-19(24-17-9-10-28-18-8-4-2-5-13(17)18)12-23-21(27)15-11-22-16-7-3-1-6-14(16)20(15)26/h1-8,11,17H,9-10,12H2,(H,22,26)(H,23,27)(H,24,25)/t17-/m1/s1. The number of pyridine rings is 1. The number of carbonyl (C=O) groups is 2. The van der Waals surface area contributed by atoms with E-state index in [-0.39, 0.29) is 29.5 Å². The minimum absolute atomic E-state index is 0.0251. The highest BCUT2D eigenvalue weighted by Gasteiger charge is 2.23. The van der Waals surface area contributed by atoms with Crippen LogP contribution in [0.25, 0.3) is 10.9 Å². The van der Waals surface area contributed by atoms with E-state index in [0.29, 0.717) is 23.9 Å². The Balaban J connectivity index is 1.41. The lowest BCUT2D eigenvalue weighted by atomic mass is 10.0. The summed E-state index contributed by atoms with van der Waals surface area (Å²) in [4.78, 5) is 40.1. The van der Waals surface area contributed by atoms with Crippen LogP contribution in [0.1, 0.15) is 28.4 Å². The van der Waals surface area contributed by atoms with Gasteiger partial charge in [-0.1, -0.05) is 30.3 Å². The highest BCUT2D eigenvalue weighted by atomic mass is 16.5. The molecule has 1 aliphatic rings. The number of ether oxygens (including phenoxy) is 1. The molecule has 1 atom stereocenters. The highest BCUT2D eigenvalue weighted by Crippen LogP contribution is 2.31. The quantitative estimate of drug-likeness (QED) is 0.646. The minimum atomic E-state index is -0.588. The molecule has 0 radical (unpaired) electrons. The Morgan fingerprint density at radius 2 is 1.89 bits per heavy atom. The molecule has 2 aromatic carbocycles. The lowest BCUT2D eigenvalue weighted by Crippen LogP contribution is -2.40. The first-order valence-electron chi connectivity index (χ1n) is 9.03. The van der Waals surface area contributed by atoms with E-state index in [1.807, 2.05) is 24.3 Å². The van der Waals surface area contributed by atoms with Gasteiger partial charge >= 0.3 is 0 Å². The second-order valence-corrected chi connectivity index (χ2v) is 6.55. The summed E-state index contributed by atoms with van der Waals surface area (Å²) in [6.07, 6.45) is 2.02. The van der Waals surface area contributed by atoms with E-state index in [1.54, 1.807) is 24.3 Å². The Bertz CT molecular complexity index is 1110. The maximum Gasteiger partial charge on any atom is 0.257 e. The molecule has 0 saturated heterocycles. The molecular weight excluding hydrogens is 358 g/mol. The number of hydrogen-bond donors (Lipinski definition) is 3. The third-order valence-corrected chi connectivity index (χ3v) is 4.74. The number of carbonyl (C=O) groups excluding carboxylic acids is 2. The van der Waals surface area contributed by atoms with E-state index in [4.69, 9.17) is 4.74 Å². The zero-order chi connectivity index (χ0) is 19.5. The first-order valence-corrected chi connectivity index (χ1v) is 9.03. The maximum absolute atomic E-state index is 12.5. The van der Waals surface area contributed by atoms with E-state index >= 15 is 0 Å². The zero-order valence-corrected chi connectivity index (χ0v) is 15.0. The van der Waals surface area contributed by atoms with Crippen LogP contribution in [-0.2, 0) is 4.79 Å². The molecule has 1 aromatic heterocycles. The number of fused-ring (bicyclic) bond motifs is 2. The van der Waals surface area contributed by atoms with Crippen LogP contribution in [0.2, 0.25) is 0 Å². The number of amides is 2. The fourth-order valence-electron chi connectivity index (χ4n) is 3.33. The smallest absolute Gasteiger partial charge is 0.257 e. The Labute approximate surface area is 160 Å². The summed E-state index contributed by atoms with van der Waals surface area (Å²) in [6.45, 7) is 0.297. The van der Waals surface area contributed by atoms with Crippen LogP contribution in [0.3, 0.4) is 0 Å². The van der Waals surface area contributed by atoms with Crippen molar-refractivity contribution in [3.8, 4) is 5.75 Å². The van der Waals surface area contributed by atoms with Crippen LogP contribution in [0.4, 0.5) is 0 Å². The molecule has 0 aliphatic carbocycles. The van der Waals surface area contributed by atoms with E-state index in [1.165, 1.54) is 6.20 Å². The maximum atomic E-state index is 12.5. The molecule has 0 spiro atoms. The normalized spacial score (nSPS) is 15.4. The molecule has 7 nitrogen and oxygen atoms in total. The van der Waals surface area contributed by atoms with Crippen LogP contribution < -0.4 is 20.8 Å². The third-order valence-electron chi connectivity index (χ3n) is 4.74. The van der Waals surface area contributed by atoms with E-state index in [9.17, 15) is 14.4 Å². The summed E-state index contributed by atoms with van der Waals surface area (Å²) in [5, 5.41) is 5.85. The molecule has 28 heavy (non-hydrogen) atoms. The number of rotatable bonds is 4. The van der Waals surface area contributed by atoms with Gasteiger partial charge in [-0.25, -0.2) is 0 Å². The zero-order valence-electron chi connectivity index (χ0n) is 15.0. The summed E-state index contributed by atoms with van der Waals surface area (Å²) in [6, 6.07) is 14.3. The predicted molar refractivity (Wildman–Crippen MR) is 104 cm³/mol. The van der Waals surface area contributed by atoms with Crippen molar-refractivity contribution in [3.63, 3.8) is 0 Å². The molecule has 7 heteroatoms. The molecule has 0 fully saturated rings. The van der Waals surface area contributed by atoms with Gasteiger partial charge in [-0.3, -0.25) is 14.4 Å². The molecule has 0 bridgehead atoms. The van der Waals surface area contributed by atoms with E-state index < -0.39 is 5.91 Å². The lowest BCUT2D eigenvalue weighted by molar-refractivity contribution is -0.121. The van der Waals surface area contributed by atoms with Crippen molar-refractivity contribution in [3.05, 3.63) is 76.1 Å². The summed E-state index contributed by atoms with van der Waals surface area (Å²) in [5.41, 5.74) is 1.17. The number of hydrogen-bond acceptors (Lipinski definition) is 4. The number of nitrogens with one attached hydrogen (secondary N) is 3. The van der Waals surface area contributed by atoms with Crippen LogP contribution in [0.5, 0.6) is 5.75 Å². The summed E-state index contributed by atoms with van der Waals surface area (Å²) < 4.78 is 5.58. The van der Waals surface area contributed by atoms with Gasteiger partial charge in [-0.05, 0) is 18.2 Å². The first kappa shape index (κ1) is 17.8. The van der Waals surface area contributed by atoms with Gasteiger partial charge in [0.2, 0.25) is 11.3 Å². The van der Waals surface area contributed by atoms with E-state index in [0.717, 1.165) is 11.3 Å². The van der Waals surface area contributed by atoms with Gasteiger partial charge in [0.05, 0.1) is 19.2 Å². The number of aromatic nitrogens is 1. The highest BCUT2D eigenvalue weighted by molar-refractivity contribution is 5.98. The predicted octanol–water partition coefficient (Wildman–Crippen LogP) is 1.90. The van der Waals surface area contributed by atoms with Gasteiger partial charge in [0, 0.05) is 29.1 Å². The van der Waals surface area contributed by atoms with Crippen molar-refractivity contribution in [2.24, 2.45) is 0 Å². The topological polar surface area (TPSA) is 100 Å². The molecule has 4 rings (SSSR count). The van der Waals surface area contributed by atoms with Crippen molar-refractivity contribution < 1.29 is 14.3 Å². The lowest BCUT2D eigenvalue weighted by Gasteiger charge is -2.26. The molecule has 1 aliphatic heterocycles. The summed E-state index contributed by atoms with van der Waals surface area (Å²) in [5.74, 6) is -0.160.